The first-order valence-electron chi connectivity index (χ1n) is 8.95. The van der Waals surface area contributed by atoms with Crippen molar-refractivity contribution in [3.63, 3.8) is 0 Å². The predicted octanol–water partition coefficient (Wildman–Crippen LogP) is 6.03. The Hall–Kier alpha value is -0.780. The normalized spacial score (nSPS) is 23.6. The summed E-state index contributed by atoms with van der Waals surface area (Å²) < 4.78 is 0. The highest BCUT2D eigenvalue weighted by atomic mass is 14.5. The molecular formula is C20H30. The number of rotatable bonds is 3. The van der Waals surface area contributed by atoms with E-state index in [2.05, 4.69) is 31.2 Å². The van der Waals surface area contributed by atoms with Crippen LogP contribution in [-0.2, 0) is 11.8 Å². The van der Waals surface area contributed by atoms with E-state index in [0.29, 0.717) is 5.41 Å². The fourth-order valence-electron chi connectivity index (χ4n) is 5.05. The Balaban J connectivity index is 1.99. The zero-order valence-corrected chi connectivity index (χ0v) is 13.2. The Morgan fingerprint density at radius 3 is 2.25 bits per heavy atom. The molecule has 3 rings (SSSR count). The maximum Gasteiger partial charge on any atom is -0.00160 e. The van der Waals surface area contributed by atoms with Crippen molar-refractivity contribution in [3.8, 4) is 0 Å². The number of benzene rings is 1. The molecule has 0 N–H and O–H groups in total. The second kappa shape index (κ2) is 6.33. The monoisotopic (exact) mass is 270 g/mol. The van der Waals surface area contributed by atoms with Crippen molar-refractivity contribution in [3.05, 3.63) is 35.4 Å². The van der Waals surface area contributed by atoms with Gasteiger partial charge in [0.25, 0.3) is 0 Å². The minimum Gasteiger partial charge on any atom is -0.0620 e. The van der Waals surface area contributed by atoms with E-state index >= 15 is 0 Å². The van der Waals surface area contributed by atoms with Gasteiger partial charge in [-0.2, -0.15) is 0 Å². The lowest BCUT2D eigenvalue weighted by atomic mass is 9.58. The summed E-state index contributed by atoms with van der Waals surface area (Å²) in [5.41, 5.74) is 3.89. The number of aryl methyl sites for hydroxylation is 1. The van der Waals surface area contributed by atoms with E-state index in [9.17, 15) is 0 Å². The first kappa shape index (κ1) is 14.2. The Morgan fingerprint density at radius 1 is 0.900 bits per heavy atom. The summed E-state index contributed by atoms with van der Waals surface area (Å²) in [5, 5.41) is 0. The molecule has 2 aliphatic carbocycles. The van der Waals surface area contributed by atoms with E-state index < -0.39 is 0 Å². The molecular weight excluding hydrogens is 240 g/mol. The van der Waals surface area contributed by atoms with E-state index in [1.54, 1.807) is 11.1 Å². The summed E-state index contributed by atoms with van der Waals surface area (Å²) in [4.78, 5) is 0. The molecule has 0 unspecified atom stereocenters. The van der Waals surface area contributed by atoms with Gasteiger partial charge in [-0.15, -0.1) is 0 Å². The van der Waals surface area contributed by atoms with Gasteiger partial charge < -0.3 is 0 Å². The third-order valence-electron chi connectivity index (χ3n) is 6.07. The molecule has 1 aromatic rings. The predicted molar refractivity (Wildman–Crippen MR) is 87.2 cm³/mol. The molecule has 0 heteroatoms. The van der Waals surface area contributed by atoms with Crippen molar-refractivity contribution < 1.29 is 0 Å². The lowest BCUT2D eigenvalue weighted by Crippen LogP contribution is -2.39. The topological polar surface area (TPSA) is 0 Å². The highest BCUT2D eigenvalue weighted by Crippen LogP contribution is 2.50. The van der Waals surface area contributed by atoms with Crippen LogP contribution < -0.4 is 0 Å². The van der Waals surface area contributed by atoms with E-state index in [4.69, 9.17) is 0 Å². The average Bonchev–Trinajstić information content (AvgIpc) is 2.56. The van der Waals surface area contributed by atoms with Crippen molar-refractivity contribution in [1.82, 2.24) is 0 Å². The van der Waals surface area contributed by atoms with Crippen LogP contribution in [0.15, 0.2) is 24.3 Å². The van der Waals surface area contributed by atoms with Gasteiger partial charge >= 0.3 is 0 Å². The first-order chi connectivity index (χ1) is 9.87. The van der Waals surface area contributed by atoms with Crippen LogP contribution in [-0.4, -0.2) is 0 Å². The Bertz CT molecular complexity index is 419. The van der Waals surface area contributed by atoms with E-state index in [-0.39, 0.29) is 0 Å². The Labute approximate surface area is 125 Å². The third kappa shape index (κ3) is 2.54. The first-order valence-corrected chi connectivity index (χ1v) is 8.95. The Kier molecular flexibility index (Phi) is 4.48. The van der Waals surface area contributed by atoms with Gasteiger partial charge in [-0.3, -0.25) is 0 Å². The molecule has 2 aliphatic rings. The molecule has 0 bridgehead atoms. The van der Waals surface area contributed by atoms with Crippen LogP contribution in [0.2, 0.25) is 0 Å². The van der Waals surface area contributed by atoms with E-state index in [1.807, 2.05) is 0 Å². The summed E-state index contributed by atoms with van der Waals surface area (Å²) in [6.07, 6.45) is 15.9. The van der Waals surface area contributed by atoms with Gasteiger partial charge in [0.05, 0.1) is 0 Å². The van der Waals surface area contributed by atoms with Gasteiger partial charge in [0.2, 0.25) is 0 Å². The molecule has 0 radical (unpaired) electrons. The van der Waals surface area contributed by atoms with Gasteiger partial charge in [-0.05, 0) is 54.6 Å². The second-order valence-electron chi connectivity index (χ2n) is 7.06. The maximum atomic E-state index is 2.47. The minimum absolute atomic E-state index is 0.533. The molecule has 0 saturated heterocycles. The standard InChI is InChI=1S/C20H30/c1-2-17-11-7-8-14-19(17)20(15-9-4-10-16-20)18-12-5-3-6-13-18/h7-8,11,14,18H,2-6,9-10,12-13,15-16H2,1H3. The van der Waals surface area contributed by atoms with Crippen LogP contribution in [0.5, 0.6) is 0 Å². The van der Waals surface area contributed by atoms with Crippen molar-refractivity contribution in [2.24, 2.45) is 5.92 Å². The maximum absolute atomic E-state index is 2.47. The molecule has 0 atom stereocenters. The molecule has 2 saturated carbocycles. The summed E-state index contributed by atoms with van der Waals surface area (Å²) in [6.45, 7) is 2.33. The van der Waals surface area contributed by atoms with Gasteiger partial charge in [0, 0.05) is 0 Å². The molecule has 0 aromatic heterocycles. The van der Waals surface area contributed by atoms with Crippen molar-refractivity contribution in [1.29, 1.82) is 0 Å². The molecule has 20 heavy (non-hydrogen) atoms. The van der Waals surface area contributed by atoms with Crippen LogP contribution >= 0.6 is 0 Å². The molecule has 0 spiro atoms. The van der Waals surface area contributed by atoms with Crippen LogP contribution in [0.4, 0.5) is 0 Å². The van der Waals surface area contributed by atoms with Gasteiger partial charge in [-0.1, -0.05) is 69.7 Å². The van der Waals surface area contributed by atoms with Crippen molar-refractivity contribution in [2.75, 3.05) is 0 Å². The fourth-order valence-corrected chi connectivity index (χ4v) is 5.05. The summed E-state index contributed by atoms with van der Waals surface area (Å²) >= 11 is 0. The van der Waals surface area contributed by atoms with E-state index in [0.717, 1.165) is 5.92 Å². The van der Waals surface area contributed by atoms with Crippen LogP contribution in [0.3, 0.4) is 0 Å². The lowest BCUT2D eigenvalue weighted by molar-refractivity contribution is 0.147. The summed E-state index contributed by atoms with van der Waals surface area (Å²) in [6, 6.07) is 9.38. The van der Waals surface area contributed by atoms with Crippen LogP contribution in [0.1, 0.15) is 82.3 Å². The smallest absolute Gasteiger partial charge is 0.00160 e. The fraction of sp³-hybridized carbons (Fsp3) is 0.700. The molecule has 2 fully saturated rings. The quantitative estimate of drug-likeness (QED) is 0.629. The van der Waals surface area contributed by atoms with Crippen LogP contribution in [0.25, 0.3) is 0 Å². The number of hydrogen-bond acceptors (Lipinski definition) is 0. The molecule has 110 valence electrons. The second-order valence-corrected chi connectivity index (χ2v) is 7.06. The summed E-state index contributed by atoms with van der Waals surface area (Å²) in [5.74, 6) is 0.962. The molecule has 0 heterocycles. The van der Waals surface area contributed by atoms with Gasteiger partial charge in [0.1, 0.15) is 0 Å². The lowest BCUT2D eigenvalue weighted by Gasteiger charge is -2.47. The summed E-state index contributed by atoms with van der Waals surface area (Å²) in [7, 11) is 0. The molecule has 0 nitrogen and oxygen atoms in total. The highest BCUT2D eigenvalue weighted by Gasteiger charge is 2.42. The average molecular weight is 270 g/mol. The zero-order valence-electron chi connectivity index (χ0n) is 13.2. The highest BCUT2D eigenvalue weighted by molar-refractivity contribution is 5.36. The minimum atomic E-state index is 0.533. The van der Waals surface area contributed by atoms with Gasteiger partial charge in [-0.25, -0.2) is 0 Å². The number of hydrogen-bond donors (Lipinski definition) is 0. The molecule has 1 aromatic carbocycles. The van der Waals surface area contributed by atoms with Crippen LogP contribution in [0, 0.1) is 5.92 Å². The molecule has 0 amide bonds. The van der Waals surface area contributed by atoms with Gasteiger partial charge in [0.15, 0.2) is 0 Å². The third-order valence-corrected chi connectivity index (χ3v) is 6.07. The Morgan fingerprint density at radius 2 is 1.55 bits per heavy atom. The van der Waals surface area contributed by atoms with Crippen molar-refractivity contribution >= 4 is 0 Å². The van der Waals surface area contributed by atoms with E-state index in [1.165, 1.54) is 70.6 Å². The largest absolute Gasteiger partial charge is 0.0620 e. The zero-order chi connectivity index (χ0) is 13.8. The SMILES string of the molecule is CCc1ccccc1C1(C2CCCCC2)CCCCC1. The molecule has 0 aliphatic heterocycles. The van der Waals surface area contributed by atoms with Crippen molar-refractivity contribution in [2.45, 2.75) is 83.0 Å².